The van der Waals surface area contributed by atoms with E-state index < -0.39 is 29.2 Å². The minimum Gasteiger partial charge on any atom is -0.252 e. The zero-order valence-electron chi connectivity index (χ0n) is 18.3. The van der Waals surface area contributed by atoms with Gasteiger partial charge in [-0.3, -0.25) is 9.97 Å². The van der Waals surface area contributed by atoms with Crippen LogP contribution in [0.5, 0.6) is 0 Å². The van der Waals surface area contributed by atoms with E-state index in [2.05, 4.69) is 0 Å². The lowest BCUT2D eigenvalue weighted by Crippen LogP contribution is -2.09. The van der Waals surface area contributed by atoms with Crippen LogP contribution in [0, 0.1) is 23.3 Å². The predicted molar refractivity (Wildman–Crippen MR) is 127 cm³/mol. The molecule has 0 amide bonds. The summed E-state index contributed by atoms with van der Waals surface area (Å²) in [4.78, 5) is 9.38. The molecule has 0 radical (unpaired) electrons. The number of rotatable bonds is 5. The molecule has 3 aromatic carbocycles. The Bertz CT molecular complexity index is 1410. The second-order valence-electron chi connectivity index (χ2n) is 7.99. The lowest BCUT2D eigenvalue weighted by molar-refractivity contribution is 0.584. The summed E-state index contributed by atoms with van der Waals surface area (Å²) in [7, 11) is 0. The second-order valence-corrected chi connectivity index (χ2v) is 7.99. The van der Waals surface area contributed by atoms with Crippen LogP contribution in [0.4, 0.5) is 17.6 Å². The molecule has 5 aromatic rings. The van der Waals surface area contributed by atoms with E-state index in [1.807, 2.05) is 30.3 Å². The van der Waals surface area contributed by atoms with Gasteiger partial charge in [0, 0.05) is 23.3 Å². The first-order chi connectivity index (χ1) is 17.0. The molecule has 0 bridgehead atoms. The van der Waals surface area contributed by atoms with E-state index in [-0.39, 0.29) is 11.1 Å². The third kappa shape index (κ3) is 4.68. The minimum atomic E-state index is -0.710. The number of aromatic nitrogens is 2. The third-order valence-electron chi connectivity index (χ3n) is 5.68. The van der Waals surface area contributed by atoms with Gasteiger partial charge in [0.05, 0.1) is 28.7 Å². The van der Waals surface area contributed by atoms with Gasteiger partial charge >= 0.3 is 0 Å². The van der Waals surface area contributed by atoms with Gasteiger partial charge in [0.2, 0.25) is 0 Å². The Morgan fingerprint density at radius 3 is 1.43 bits per heavy atom. The summed E-state index contributed by atoms with van der Waals surface area (Å²) in [6.07, 6.45) is 0. The van der Waals surface area contributed by atoms with Gasteiger partial charge in [0.25, 0.3) is 0 Å². The van der Waals surface area contributed by atoms with Crippen LogP contribution in [0.3, 0.4) is 0 Å². The van der Waals surface area contributed by atoms with Gasteiger partial charge in [0.15, 0.2) is 0 Å². The van der Waals surface area contributed by atoms with Gasteiger partial charge < -0.3 is 0 Å². The number of halogens is 4. The predicted octanol–water partition coefficient (Wildman–Crippen LogP) is 7.55. The van der Waals surface area contributed by atoms with Crippen molar-refractivity contribution >= 4 is 0 Å². The molecule has 0 N–H and O–H groups in total. The quantitative estimate of drug-likeness (QED) is 0.248. The van der Waals surface area contributed by atoms with Crippen LogP contribution < -0.4 is 0 Å². The Hall–Kier alpha value is -4.32. The summed E-state index contributed by atoms with van der Waals surface area (Å²) in [6, 6.07) is 26.6. The molecule has 5 rings (SSSR count). The normalized spacial score (nSPS) is 11.1. The van der Waals surface area contributed by atoms with E-state index in [1.165, 1.54) is 24.3 Å². The lowest BCUT2D eigenvalue weighted by Gasteiger charge is -2.19. The van der Waals surface area contributed by atoms with E-state index in [9.17, 15) is 17.6 Å². The average Bonchev–Trinajstić information content (AvgIpc) is 2.85. The number of hydrogen-bond donors (Lipinski definition) is 0. The van der Waals surface area contributed by atoms with Crippen molar-refractivity contribution in [3.05, 3.63) is 143 Å². The Morgan fingerprint density at radius 1 is 0.486 bits per heavy atom. The molecule has 172 valence electrons. The largest absolute Gasteiger partial charge is 0.252 e. The Morgan fingerprint density at radius 2 is 0.971 bits per heavy atom. The molecule has 0 fully saturated rings. The van der Waals surface area contributed by atoms with Crippen LogP contribution in [0.15, 0.2) is 103 Å². The van der Waals surface area contributed by atoms with Gasteiger partial charge in [0.1, 0.15) is 23.3 Å². The molecule has 6 heteroatoms. The number of pyridine rings is 2. The van der Waals surface area contributed by atoms with Crippen LogP contribution in [0.2, 0.25) is 0 Å². The molecule has 0 atom stereocenters. The summed E-state index contributed by atoms with van der Waals surface area (Å²) >= 11 is 0. The highest BCUT2D eigenvalue weighted by molar-refractivity contribution is 5.62. The fourth-order valence-electron chi connectivity index (χ4n) is 4.06. The van der Waals surface area contributed by atoms with Crippen LogP contribution in [-0.2, 0) is 0 Å². The number of hydrogen-bond acceptors (Lipinski definition) is 2. The zero-order chi connectivity index (χ0) is 24.4. The molecule has 0 unspecified atom stereocenters. The maximum absolute atomic E-state index is 14.5. The van der Waals surface area contributed by atoms with Crippen molar-refractivity contribution in [1.82, 2.24) is 9.97 Å². The van der Waals surface area contributed by atoms with Crippen molar-refractivity contribution in [2.75, 3.05) is 0 Å². The monoisotopic (exact) mass is 470 g/mol. The maximum Gasteiger partial charge on any atom is 0.135 e. The molecule has 2 aromatic heterocycles. The molecule has 0 saturated carbocycles. The molecule has 0 aliphatic rings. The molecule has 35 heavy (non-hydrogen) atoms. The molecular formula is C29H18F4N2. The second kappa shape index (κ2) is 9.50. The van der Waals surface area contributed by atoms with Crippen LogP contribution in [0.25, 0.3) is 22.5 Å². The summed E-state index contributed by atoms with van der Waals surface area (Å²) in [5.41, 5.74) is 3.10. The standard InChI is InChI=1S/C29H18F4N2/c30-19-12-14-21(23(32)16-19)25-8-4-10-27(34-25)29(18-6-2-1-3-7-18)28-11-5-9-26(35-28)22-15-13-20(31)17-24(22)33/h1-17,29H. The SMILES string of the molecule is Fc1ccc(-c2cccc(C(c3ccccc3)c3cccc(-c4ccc(F)cc4F)n3)n2)c(F)c1. The third-order valence-corrected chi connectivity index (χ3v) is 5.68. The summed E-state index contributed by atoms with van der Waals surface area (Å²) < 4.78 is 55.8. The highest BCUT2D eigenvalue weighted by Gasteiger charge is 2.22. The molecule has 0 saturated heterocycles. The minimum absolute atomic E-state index is 0.176. The molecule has 0 aliphatic heterocycles. The van der Waals surface area contributed by atoms with E-state index in [4.69, 9.17) is 9.97 Å². The Kier molecular flexibility index (Phi) is 6.10. The van der Waals surface area contributed by atoms with Crippen molar-refractivity contribution in [3.63, 3.8) is 0 Å². The van der Waals surface area contributed by atoms with E-state index in [0.29, 0.717) is 22.8 Å². The van der Waals surface area contributed by atoms with Gasteiger partial charge in [-0.05, 0) is 54.1 Å². The number of benzene rings is 3. The molecule has 2 nitrogen and oxygen atoms in total. The number of nitrogens with zero attached hydrogens (tertiary/aromatic N) is 2. The highest BCUT2D eigenvalue weighted by atomic mass is 19.1. The van der Waals surface area contributed by atoms with Crippen LogP contribution in [-0.4, -0.2) is 9.97 Å². The van der Waals surface area contributed by atoms with E-state index in [0.717, 1.165) is 17.7 Å². The Labute approximate surface area is 199 Å². The van der Waals surface area contributed by atoms with Gasteiger partial charge in [-0.25, -0.2) is 17.6 Å². The van der Waals surface area contributed by atoms with Crippen LogP contribution >= 0.6 is 0 Å². The first-order valence-electron chi connectivity index (χ1n) is 10.9. The van der Waals surface area contributed by atoms with Crippen LogP contribution in [0.1, 0.15) is 22.9 Å². The molecule has 0 aliphatic carbocycles. The molecule has 0 spiro atoms. The topological polar surface area (TPSA) is 25.8 Å². The lowest BCUT2D eigenvalue weighted by atomic mass is 9.90. The first kappa shape index (κ1) is 22.5. The van der Waals surface area contributed by atoms with E-state index >= 15 is 0 Å². The summed E-state index contributed by atoms with van der Waals surface area (Å²) in [6.45, 7) is 0. The summed E-state index contributed by atoms with van der Waals surface area (Å²) in [5.74, 6) is -3.21. The van der Waals surface area contributed by atoms with Crippen molar-refractivity contribution < 1.29 is 17.6 Å². The van der Waals surface area contributed by atoms with Crippen molar-refractivity contribution in [2.45, 2.75) is 5.92 Å². The first-order valence-corrected chi connectivity index (χ1v) is 10.9. The Balaban J connectivity index is 1.64. The zero-order valence-corrected chi connectivity index (χ0v) is 18.3. The fourth-order valence-corrected chi connectivity index (χ4v) is 4.06. The van der Waals surface area contributed by atoms with Gasteiger partial charge in [-0.1, -0.05) is 42.5 Å². The smallest absolute Gasteiger partial charge is 0.135 e. The maximum atomic E-state index is 14.5. The van der Waals surface area contributed by atoms with Crippen molar-refractivity contribution in [3.8, 4) is 22.5 Å². The molecular weight excluding hydrogens is 452 g/mol. The molecule has 2 heterocycles. The fraction of sp³-hybridized carbons (Fsp3) is 0.0345. The summed E-state index contributed by atoms with van der Waals surface area (Å²) in [5, 5.41) is 0. The van der Waals surface area contributed by atoms with E-state index in [1.54, 1.807) is 36.4 Å². The van der Waals surface area contributed by atoms with Crippen molar-refractivity contribution in [1.29, 1.82) is 0 Å². The van der Waals surface area contributed by atoms with Gasteiger partial charge in [-0.2, -0.15) is 0 Å². The average molecular weight is 470 g/mol. The van der Waals surface area contributed by atoms with Gasteiger partial charge in [-0.15, -0.1) is 0 Å². The van der Waals surface area contributed by atoms with Crippen molar-refractivity contribution in [2.24, 2.45) is 0 Å². The highest BCUT2D eigenvalue weighted by Crippen LogP contribution is 2.33.